The minimum Gasteiger partial charge on any atom is -0.364 e. The number of hydrogen-bond acceptors (Lipinski definition) is 5. The Labute approximate surface area is 116 Å². The van der Waals surface area contributed by atoms with Gasteiger partial charge >= 0.3 is 5.69 Å². The molecular weight excluding hydrogens is 260 g/mol. The Morgan fingerprint density at radius 1 is 1.40 bits per heavy atom. The van der Waals surface area contributed by atoms with Gasteiger partial charge < -0.3 is 5.32 Å². The van der Waals surface area contributed by atoms with Crippen molar-refractivity contribution in [3.8, 4) is 0 Å². The molecule has 8 nitrogen and oxygen atoms in total. The maximum absolute atomic E-state index is 11.1. The highest BCUT2D eigenvalue weighted by atomic mass is 16.6. The molecule has 0 amide bonds. The maximum atomic E-state index is 11.1. The van der Waals surface area contributed by atoms with E-state index in [1.165, 1.54) is 4.68 Å². The van der Waals surface area contributed by atoms with Crippen LogP contribution in [0, 0.1) is 10.1 Å². The molecule has 2 aromatic heterocycles. The van der Waals surface area contributed by atoms with Crippen molar-refractivity contribution >= 4 is 11.5 Å². The molecule has 2 heterocycles. The number of rotatable bonds is 6. The molecule has 20 heavy (non-hydrogen) atoms. The zero-order chi connectivity index (χ0) is 14.7. The molecule has 1 N–H and O–H groups in total. The Bertz CT molecular complexity index is 615. The van der Waals surface area contributed by atoms with Crippen LogP contribution in [0.4, 0.5) is 11.5 Å². The van der Waals surface area contributed by atoms with Gasteiger partial charge in [0.2, 0.25) is 5.82 Å². The predicted molar refractivity (Wildman–Crippen MR) is 74.6 cm³/mol. The second kappa shape index (κ2) is 5.72. The summed E-state index contributed by atoms with van der Waals surface area (Å²) in [5, 5.41) is 22.7. The Morgan fingerprint density at radius 3 is 2.70 bits per heavy atom. The Morgan fingerprint density at radius 2 is 2.15 bits per heavy atom. The standard InChI is InChI=1S/C12H18N6O2/c1-4-10-11(18(19)20)12(17(3)15-10)13-7-5-9-6-8-16(2)14-9/h6,8,13H,4-5,7H2,1-3H3. The van der Waals surface area contributed by atoms with Crippen molar-refractivity contribution in [2.24, 2.45) is 14.1 Å². The fourth-order valence-corrected chi connectivity index (χ4v) is 2.10. The van der Waals surface area contributed by atoms with Crippen molar-refractivity contribution in [1.82, 2.24) is 19.6 Å². The lowest BCUT2D eigenvalue weighted by Crippen LogP contribution is -2.10. The highest BCUT2D eigenvalue weighted by molar-refractivity contribution is 5.59. The fraction of sp³-hybridized carbons (Fsp3) is 0.500. The summed E-state index contributed by atoms with van der Waals surface area (Å²) in [6.45, 7) is 2.42. The van der Waals surface area contributed by atoms with E-state index in [2.05, 4.69) is 15.5 Å². The van der Waals surface area contributed by atoms with Gasteiger partial charge in [0.1, 0.15) is 5.69 Å². The van der Waals surface area contributed by atoms with E-state index in [-0.39, 0.29) is 10.6 Å². The van der Waals surface area contributed by atoms with Gasteiger partial charge in [-0.15, -0.1) is 0 Å². The summed E-state index contributed by atoms with van der Waals surface area (Å²) >= 11 is 0. The first-order chi connectivity index (χ1) is 9.52. The molecule has 0 aliphatic rings. The second-order valence-corrected chi connectivity index (χ2v) is 4.54. The first-order valence-corrected chi connectivity index (χ1v) is 6.45. The van der Waals surface area contributed by atoms with Crippen LogP contribution in [0.2, 0.25) is 0 Å². The van der Waals surface area contributed by atoms with Crippen molar-refractivity contribution in [3.63, 3.8) is 0 Å². The van der Waals surface area contributed by atoms with Crippen LogP contribution in [0.5, 0.6) is 0 Å². The zero-order valence-electron chi connectivity index (χ0n) is 11.8. The van der Waals surface area contributed by atoms with E-state index >= 15 is 0 Å². The van der Waals surface area contributed by atoms with Crippen LogP contribution in [-0.4, -0.2) is 31.0 Å². The van der Waals surface area contributed by atoms with Gasteiger partial charge in [-0.1, -0.05) is 6.92 Å². The first kappa shape index (κ1) is 14.0. The third-order valence-electron chi connectivity index (χ3n) is 3.05. The largest absolute Gasteiger partial charge is 0.364 e. The van der Waals surface area contributed by atoms with E-state index in [1.54, 1.807) is 11.7 Å². The molecule has 0 saturated carbocycles. The van der Waals surface area contributed by atoms with E-state index in [4.69, 9.17) is 0 Å². The molecule has 0 bridgehead atoms. The molecule has 0 fully saturated rings. The summed E-state index contributed by atoms with van der Waals surface area (Å²) < 4.78 is 3.26. The van der Waals surface area contributed by atoms with E-state index in [0.29, 0.717) is 30.9 Å². The van der Waals surface area contributed by atoms with Crippen LogP contribution < -0.4 is 5.32 Å². The zero-order valence-corrected chi connectivity index (χ0v) is 11.8. The van der Waals surface area contributed by atoms with Gasteiger partial charge in [0.05, 0.1) is 10.6 Å². The minimum absolute atomic E-state index is 0.0658. The molecule has 0 unspecified atom stereocenters. The summed E-state index contributed by atoms with van der Waals surface area (Å²) in [5.41, 5.74) is 1.51. The molecule has 0 aliphatic heterocycles. The van der Waals surface area contributed by atoms with Crippen molar-refractivity contribution in [2.45, 2.75) is 19.8 Å². The average molecular weight is 278 g/mol. The van der Waals surface area contributed by atoms with E-state index in [0.717, 1.165) is 5.69 Å². The van der Waals surface area contributed by atoms with Crippen LogP contribution in [0.3, 0.4) is 0 Å². The van der Waals surface area contributed by atoms with Gasteiger partial charge in [-0.3, -0.25) is 14.8 Å². The molecule has 0 spiro atoms. The maximum Gasteiger partial charge on any atom is 0.333 e. The molecule has 0 atom stereocenters. The lowest BCUT2D eigenvalue weighted by atomic mass is 10.3. The summed E-state index contributed by atoms with van der Waals surface area (Å²) in [5.74, 6) is 0.447. The van der Waals surface area contributed by atoms with Gasteiger partial charge in [-0.05, 0) is 12.5 Å². The van der Waals surface area contributed by atoms with Crippen molar-refractivity contribution in [3.05, 3.63) is 33.8 Å². The molecule has 0 radical (unpaired) electrons. The topological polar surface area (TPSA) is 90.8 Å². The fourth-order valence-electron chi connectivity index (χ4n) is 2.10. The minimum atomic E-state index is -0.380. The van der Waals surface area contributed by atoms with Gasteiger partial charge in [-0.25, -0.2) is 4.68 Å². The molecule has 0 saturated heterocycles. The molecule has 0 aromatic carbocycles. The van der Waals surface area contributed by atoms with E-state index < -0.39 is 0 Å². The summed E-state index contributed by atoms with van der Waals surface area (Å²) in [6, 6.07) is 1.93. The molecule has 2 aromatic rings. The number of nitrogens with zero attached hydrogens (tertiary/aromatic N) is 5. The summed E-state index contributed by atoms with van der Waals surface area (Å²) in [7, 11) is 3.56. The average Bonchev–Trinajstić information content (AvgIpc) is 2.94. The van der Waals surface area contributed by atoms with Crippen LogP contribution in [0.1, 0.15) is 18.3 Å². The molecule has 2 rings (SSSR count). The van der Waals surface area contributed by atoms with E-state index in [9.17, 15) is 10.1 Å². The molecule has 108 valence electrons. The number of nitro groups is 1. The van der Waals surface area contributed by atoms with Crippen molar-refractivity contribution < 1.29 is 4.92 Å². The monoisotopic (exact) mass is 278 g/mol. The summed E-state index contributed by atoms with van der Waals surface area (Å²) in [4.78, 5) is 10.8. The lowest BCUT2D eigenvalue weighted by Gasteiger charge is -2.04. The van der Waals surface area contributed by atoms with Crippen molar-refractivity contribution in [1.29, 1.82) is 0 Å². The number of hydrogen-bond donors (Lipinski definition) is 1. The lowest BCUT2D eigenvalue weighted by molar-refractivity contribution is -0.384. The van der Waals surface area contributed by atoms with Crippen molar-refractivity contribution in [2.75, 3.05) is 11.9 Å². The van der Waals surface area contributed by atoms with Crippen LogP contribution in [0.25, 0.3) is 0 Å². The Balaban J connectivity index is 2.09. The highest BCUT2D eigenvalue weighted by Crippen LogP contribution is 2.28. The quantitative estimate of drug-likeness (QED) is 0.635. The Hall–Kier alpha value is -2.38. The Kier molecular flexibility index (Phi) is 4.02. The van der Waals surface area contributed by atoms with Crippen LogP contribution >= 0.6 is 0 Å². The smallest absolute Gasteiger partial charge is 0.333 e. The van der Waals surface area contributed by atoms with Crippen LogP contribution in [-0.2, 0) is 26.9 Å². The molecular formula is C12H18N6O2. The van der Waals surface area contributed by atoms with E-state index in [1.807, 2.05) is 26.2 Å². The number of aryl methyl sites for hydroxylation is 3. The predicted octanol–water partition coefficient (Wildman–Crippen LogP) is 1.28. The number of anilines is 1. The number of nitrogens with one attached hydrogen (secondary N) is 1. The van der Waals surface area contributed by atoms with Gasteiger partial charge in [-0.2, -0.15) is 10.2 Å². The summed E-state index contributed by atoms with van der Waals surface area (Å²) in [6.07, 6.45) is 3.10. The third kappa shape index (κ3) is 2.79. The molecule has 0 aliphatic carbocycles. The number of aromatic nitrogens is 4. The normalized spacial score (nSPS) is 10.8. The van der Waals surface area contributed by atoms with Crippen LogP contribution in [0.15, 0.2) is 12.3 Å². The first-order valence-electron chi connectivity index (χ1n) is 6.45. The SMILES string of the molecule is CCc1nn(C)c(NCCc2ccn(C)n2)c1[N+](=O)[O-]. The highest BCUT2D eigenvalue weighted by Gasteiger charge is 2.25. The molecule has 8 heteroatoms. The van der Waals surface area contributed by atoms with Gasteiger partial charge in [0.25, 0.3) is 0 Å². The second-order valence-electron chi connectivity index (χ2n) is 4.54. The van der Waals surface area contributed by atoms with Gasteiger partial charge in [0.15, 0.2) is 0 Å². The third-order valence-corrected chi connectivity index (χ3v) is 3.05. The van der Waals surface area contributed by atoms with Gasteiger partial charge in [0, 0.05) is 33.3 Å².